The van der Waals surface area contributed by atoms with Gasteiger partial charge in [0.1, 0.15) is 5.69 Å². The van der Waals surface area contributed by atoms with Gasteiger partial charge in [0, 0.05) is 27.6 Å². The Kier molecular flexibility index (Phi) is 3.45. The van der Waals surface area contributed by atoms with E-state index in [9.17, 15) is 0 Å². The standard InChI is InChI=1S/C20H19ClN4/c1-19(2)16-13(8-5-9-14(16)21)17(23-20(19,3)4)15-11-12-7-6-10-22-18(12)25-24-15/h5-11H,1-4H3. The van der Waals surface area contributed by atoms with Gasteiger partial charge in [-0.25, -0.2) is 4.98 Å². The minimum Gasteiger partial charge on any atom is -0.275 e. The smallest absolute Gasteiger partial charge is 0.181 e. The monoisotopic (exact) mass is 350 g/mol. The van der Waals surface area contributed by atoms with Crippen LogP contribution in [0.15, 0.2) is 47.6 Å². The number of hydrogen-bond acceptors (Lipinski definition) is 4. The molecule has 0 atom stereocenters. The maximum atomic E-state index is 6.60. The lowest BCUT2D eigenvalue weighted by molar-refractivity contribution is 0.303. The molecule has 1 aliphatic heterocycles. The molecule has 0 spiro atoms. The first-order valence-electron chi connectivity index (χ1n) is 8.29. The predicted octanol–water partition coefficient (Wildman–Crippen LogP) is 4.59. The zero-order valence-corrected chi connectivity index (χ0v) is 15.5. The summed E-state index contributed by atoms with van der Waals surface area (Å²) in [5.41, 5.74) is 3.82. The van der Waals surface area contributed by atoms with Gasteiger partial charge in [0.25, 0.3) is 0 Å². The van der Waals surface area contributed by atoms with Gasteiger partial charge >= 0.3 is 0 Å². The third-order valence-corrected chi connectivity index (χ3v) is 5.73. The van der Waals surface area contributed by atoms with E-state index in [2.05, 4.69) is 48.9 Å². The van der Waals surface area contributed by atoms with Crippen molar-refractivity contribution in [1.29, 1.82) is 0 Å². The molecule has 126 valence electrons. The maximum absolute atomic E-state index is 6.60. The third kappa shape index (κ3) is 2.35. The van der Waals surface area contributed by atoms with Crippen LogP contribution in [0.4, 0.5) is 0 Å². The van der Waals surface area contributed by atoms with Crippen molar-refractivity contribution in [1.82, 2.24) is 15.2 Å². The maximum Gasteiger partial charge on any atom is 0.181 e. The fourth-order valence-corrected chi connectivity index (χ4v) is 3.75. The topological polar surface area (TPSA) is 51.0 Å². The molecule has 25 heavy (non-hydrogen) atoms. The SMILES string of the molecule is CC1(C)N=C(c2cc3cccnc3nn2)c2cccc(Cl)c2C1(C)C. The van der Waals surface area contributed by atoms with Crippen molar-refractivity contribution in [3.8, 4) is 0 Å². The molecular formula is C20H19ClN4. The number of pyridine rings is 1. The highest BCUT2D eigenvalue weighted by atomic mass is 35.5. The number of fused-ring (bicyclic) bond motifs is 2. The van der Waals surface area contributed by atoms with E-state index in [0.717, 1.165) is 32.9 Å². The summed E-state index contributed by atoms with van der Waals surface area (Å²) in [6.07, 6.45) is 1.72. The van der Waals surface area contributed by atoms with Crippen LogP contribution in [0.1, 0.15) is 44.5 Å². The summed E-state index contributed by atoms with van der Waals surface area (Å²) in [4.78, 5) is 9.30. The van der Waals surface area contributed by atoms with E-state index in [1.54, 1.807) is 6.20 Å². The molecule has 0 bridgehead atoms. The van der Waals surface area contributed by atoms with Gasteiger partial charge < -0.3 is 0 Å². The molecule has 0 N–H and O–H groups in total. The molecule has 0 saturated heterocycles. The number of hydrogen-bond donors (Lipinski definition) is 0. The van der Waals surface area contributed by atoms with Gasteiger partial charge in [-0.15, -0.1) is 10.2 Å². The second-order valence-corrected chi connectivity index (χ2v) is 7.86. The molecule has 0 radical (unpaired) electrons. The van der Waals surface area contributed by atoms with Crippen LogP contribution in [0.25, 0.3) is 11.0 Å². The Morgan fingerprint density at radius 2 is 1.76 bits per heavy atom. The Bertz CT molecular complexity index is 1020. The van der Waals surface area contributed by atoms with Gasteiger partial charge in [-0.2, -0.15) is 0 Å². The second-order valence-electron chi connectivity index (χ2n) is 7.45. The van der Waals surface area contributed by atoms with Crippen LogP contribution < -0.4 is 0 Å². The summed E-state index contributed by atoms with van der Waals surface area (Å²) in [6, 6.07) is 11.8. The summed E-state index contributed by atoms with van der Waals surface area (Å²) in [5.74, 6) is 0. The van der Waals surface area contributed by atoms with Gasteiger partial charge in [-0.05, 0) is 43.7 Å². The van der Waals surface area contributed by atoms with Crippen molar-refractivity contribution in [2.24, 2.45) is 4.99 Å². The fraction of sp³-hybridized carbons (Fsp3) is 0.300. The van der Waals surface area contributed by atoms with Crippen molar-refractivity contribution in [2.45, 2.75) is 38.6 Å². The van der Waals surface area contributed by atoms with E-state index in [1.807, 2.05) is 30.3 Å². The second kappa shape index (κ2) is 5.33. The lowest BCUT2D eigenvalue weighted by Gasteiger charge is -2.44. The number of aromatic nitrogens is 3. The molecule has 2 aromatic heterocycles. The van der Waals surface area contributed by atoms with Gasteiger partial charge in [0.05, 0.1) is 11.3 Å². The van der Waals surface area contributed by atoms with Crippen molar-refractivity contribution in [3.05, 3.63) is 64.4 Å². The van der Waals surface area contributed by atoms with Crippen molar-refractivity contribution < 1.29 is 0 Å². The average molecular weight is 351 g/mol. The van der Waals surface area contributed by atoms with E-state index in [1.165, 1.54) is 0 Å². The molecule has 1 aromatic carbocycles. The summed E-state index contributed by atoms with van der Waals surface area (Å²) in [7, 11) is 0. The Hall–Kier alpha value is -2.33. The first-order valence-corrected chi connectivity index (χ1v) is 8.67. The van der Waals surface area contributed by atoms with Crippen molar-refractivity contribution in [3.63, 3.8) is 0 Å². The molecule has 3 aromatic rings. The summed E-state index contributed by atoms with van der Waals surface area (Å²) < 4.78 is 0. The summed E-state index contributed by atoms with van der Waals surface area (Å²) >= 11 is 6.60. The molecule has 0 aliphatic carbocycles. The molecule has 1 aliphatic rings. The Morgan fingerprint density at radius 3 is 2.56 bits per heavy atom. The fourth-order valence-electron chi connectivity index (χ4n) is 3.34. The van der Waals surface area contributed by atoms with E-state index in [0.29, 0.717) is 5.65 Å². The minimum atomic E-state index is -0.327. The van der Waals surface area contributed by atoms with E-state index in [-0.39, 0.29) is 11.0 Å². The number of rotatable bonds is 1. The quantitative estimate of drug-likeness (QED) is 0.645. The van der Waals surface area contributed by atoms with Gasteiger partial charge in [0.15, 0.2) is 5.65 Å². The molecular weight excluding hydrogens is 332 g/mol. The first-order chi connectivity index (χ1) is 11.8. The molecule has 3 heterocycles. The first kappa shape index (κ1) is 16.2. The zero-order chi connectivity index (χ0) is 17.8. The number of aliphatic imine (C=N–C) groups is 1. The van der Waals surface area contributed by atoms with Crippen LogP contribution >= 0.6 is 11.6 Å². The molecule has 4 nitrogen and oxygen atoms in total. The molecule has 0 fully saturated rings. The largest absolute Gasteiger partial charge is 0.275 e. The van der Waals surface area contributed by atoms with Gasteiger partial charge in [-0.3, -0.25) is 4.99 Å². The van der Waals surface area contributed by atoms with Gasteiger partial charge in [-0.1, -0.05) is 37.6 Å². The Morgan fingerprint density at radius 1 is 0.960 bits per heavy atom. The van der Waals surface area contributed by atoms with Crippen molar-refractivity contribution >= 4 is 28.3 Å². The Labute approximate surface area is 152 Å². The lowest BCUT2D eigenvalue weighted by Crippen LogP contribution is -2.46. The van der Waals surface area contributed by atoms with Crippen LogP contribution in [0.2, 0.25) is 5.02 Å². The lowest BCUT2D eigenvalue weighted by atomic mass is 9.66. The molecule has 0 saturated carbocycles. The van der Waals surface area contributed by atoms with Crippen LogP contribution in [0.3, 0.4) is 0 Å². The van der Waals surface area contributed by atoms with E-state index in [4.69, 9.17) is 16.6 Å². The van der Waals surface area contributed by atoms with Crippen LogP contribution in [0, 0.1) is 0 Å². The molecule has 5 heteroatoms. The highest BCUT2D eigenvalue weighted by Gasteiger charge is 2.45. The average Bonchev–Trinajstić information content (AvgIpc) is 2.58. The van der Waals surface area contributed by atoms with Crippen LogP contribution in [-0.2, 0) is 5.41 Å². The van der Waals surface area contributed by atoms with Gasteiger partial charge in [0.2, 0.25) is 0 Å². The minimum absolute atomic E-state index is 0.198. The van der Waals surface area contributed by atoms with Crippen LogP contribution in [0.5, 0.6) is 0 Å². The number of nitrogens with zero attached hydrogens (tertiary/aromatic N) is 4. The highest BCUT2D eigenvalue weighted by Crippen LogP contribution is 2.46. The van der Waals surface area contributed by atoms with Crippen LogP contribution in [-0.4, -0.2) is 26.4 Å². The number of benzene rings is 1. The molecule has 4 rings (SSSR count). The normalized spacial score (nSPS) is 17.9. The summed E-state index contributed by atoms with van der Waals surface area (Å²) in [5, 5.41) is 10.4. The summed E-state index contributed by atoms with van der Waals surface area (Å²) in [6.45, 7) is 8.65. The number of halogens is 1. The van der Waals surface area contributed by atoms with E-state index < -0.39 is 0 Å². The van der Waals surface area contributed by atoms with E-state index >= 15 is 0 Å². The predicted molar refractivity (Wildman–Crippen MR) is 102 cm³/mol. The highest BCUT2D eigenvalue weighted by molar-refractivity contribution is 6.32. The zero-order valence-electron chi connectivity index (χ0n) is 14.7. The molecule has 0 amide bonds. The Balaban J connectivity index is 2.00. The van der Waals surface area contributed by atoms with Crippen molar-refractivity contribution in [2.75, 3.05) is 0 Å². The molecule has 0 unspecified atom stereocenters. The third-order valence-electron chi connectivity index (χ3n) is 5.42.